The van der Waals surface area contributed by atoms with Crippen LogP contribution in [0.25, 0.3) is 0 Å². The van der Waals surface area contributed by atoms with Gasteiger partial charge in [-0.1, -0.05) is 43.5 Å². The Hall–Kier alpha value is -1.84. The van der Waals surface area contributed by atoms with Crippen LogP contribution in [0.1, 0.15) is 56.1 Å². The van der Waals surface area contributed by atoms with Gasteiger partial charge in [0, 0.05) is 7.05 Å². The van der Waals surface area contributed by atoms with Crippen LogP contribution in [0, 0.1) is 0 Å². The topological polar surface area (TPSA) is 40.6 Å². The van der Waals surface area contributed by atoms with E-state index in [1.807, 2.05) is 0 Å². The van der Waals surface area contributed by atoms with Gasteiger partial charge in [-0.25, -0.2) is 4.79 Å². The van der Waals surface area contributed by atoms with Gasteiger partial charge in [0.1, 0.15) is 6.04 Å². The van der Waals surface area contributed by atoms with Crippen molar-refractivity contribution < 1.29 is 9.59 Å². The Labute approximate surface area is 132 Å². The molecule has 1 aromatic carbocycles. The molecule has 2 fully saturated rings. The van der Waals surface area contributed by atoms with E-state index >= 15 is 0 Å². The van der Waals surface area contributed by atoms with Gasteiger partial charge in [-0.2, -0.15) is 0 Å². The highest BCUT2D eigenvalue weighted by molar-refractivity contribution is 6.03. The van der Waals surface area contributed by atoms with Crippen LogP contribution in [0.15, 0.2) is 24.3 Å². The van der Waals surface area contributed by atoms with Crippen LogP contribution in [0.5, 0.6) is 0 Å². The molecule has 1 saturated heterocycles. The fourth-order valence-corrected chi connectivity index (χ4v) is 3.50. The average molecular weight is 300 g/mol. The molecule has 0 unspecified atom stereocenters. The number of carbonyl (C=O) groups excluding carboxylic acids is 2. The zero-order valence-corrected chi connectivity index (χ0v) is 13.4. The zero-order valence-electron chi connectivity index (χ0n) is 13.4. The van der Waals surface area contributed by atoms with Crippen molar-refractivity contribution >= 4 is 11.9 Å². The molecule has 3 amide bonds. The van der Waals surface area contributed by atoms with Gasteiger partial charge in [0.15, 0.2) is 0 Å². The third-order valence-electron chi connectivity index (χ3n) is 5.13. The number of hydrogen-bond donors (Lipinski definition) is 0. The largest absolute Gasteiger partial charge is 0.327 e. The highest BCUT2D eigenvalue weighted by Crippen LogP contribution is 2.32. The lowest BCUT2D eigenvalue weighted by Gasteiger charge is -2.22. The molecule has 0 bridgehead atoms. The fourth-order valence-electron chi connectivity index (χ4n) is 3.50. The smallest absolute Gasteiger partial charge is 0.316 e. The Balaban J connectivity index is 1.68. The molecule has 4 nitrogen and oxygen atoms in total. The third-order valence-corrected chi connectivity index (χ3v) is 5.13. The number of hydrogen-bond acceptors (Lipinski definition) is 2. The minimum Gasteiger partial charge on any atom is -0.316 e. The van der Waals surface area contributed by atoms with Crippen molar-refractivity contribution in [2.24, 2.45) is 0 Å². The van der Waals surface area contributed by atoms with Crippen LogP contribution >= 0.6 is 0 Å². The standard InChI is InChI=1S/C18H24N2O2/c1-13-17(21)20(18(22)19(13)2)12-14-8-10-16(11-9-14)15-6-4-3-5-7-15/h8-11,13,15H,3-7,12H2,1-2H3/t13-/m0/s1. The lowest BCUT2D eigenvalue weighted by atomic mass is 9.84. The molecule has 3 rings (SSSR count). The summed E-state index contributed by atoms with van der Waals surface area (Å²) in [6, 6.07) is 7.91. The average Bonchev–Trinajstić information content (AvgIpc) is 2.74. The van der Waals surface area contributed by atoms with E-state index in [0.717, 1.165) is 5.56 Å². The number of rotatable bonds is 3. The number of benzene rings is 1. The Kier molecular flexibility index (Phi) is 4.19. The van der Waals surface area contributed by atoms with Crippen molar-refractivity contribution in [3.05, 3.63) is 35.4 Å². The number of urea groups is 1. The van der Waals surface area contributed by atoms with E-state index < -0.39 is 0 Å². The normalized spacial score (nSPS) is 23.5. The molecule has 1 atom stereocenters. The number of likely N-dealkylation sites (N-methyl/N-ethyl adjacent to an activating group) is 1. The second kappa shape index (κ2) is 6.11. The van der Waals surface area contributed by atoms with Crippen LogP contribution in [0.3, 0.4) is 0 Å². The van der Waals surface area contributed by atoms with Gasteiger partial charge >= 0.3 is 6.03 Å². The lowest BCUT2D eigenvalue weighted by Crippen LogP contribution is -2.31. The zero-order chi connectivity index (χ0) is 15.7. The number of nitrogens with zero attached hydrogens (tertiary/aromatic N) is 2. The first kappa shape index (κ1) is 15.1. The quantitative estimate of drug-likeness (QED) is 0.801. The Morgan fingerprint density at radius 3 is 2.23 bits per heavy atom. The maximum atomic E-state index is 12.1. The van der Waals surface area contributed by atoms with Gasteiger partial charge in [-0.3, -0.25) is 9.69 Å². The molecular formula is C18H24N2O2. The van der Waals surface area contributed by atoms with Crippen molar-refractivity contribution in [3.8, 4) is 0 Å². The van der Waals surface area contributed by atoms with Gasteiger partial charge in [-0.15, -0.1) is 0 Å². The molecule has 0 N–H and O–H groups in total. The summed E-state index contributed by atoms with van der Waals surface area (Å²) in [6.07, 6.45) is 6.58. The van der Waals surface area contributed by atoms with E-state index in [9.17, 15) is 9.59 Å². The number of amides is 3. The molecule has 1 heterocycles. The van der Waals surface area contributed by atoms with Crippen molar-refractivity contribution in [1.82, 2.24) is 9.80 Å². The highest BCUT2D eigenvalue weighted by atomic mass is 16.2. The van der Waals surface area contributed by atoms with E-state index in [4.69, 9.17) is 0 Å². The summed E-state index contributed by atoms with van der Waals surface area (Å²) in [5.74, 6) is 0.577. The molecule has 0 spiro atoms. The summed E-state index contributed by atoms with van der Waals surface area (Å²) in [4.78, 5) is 27.0. The Morgan fingerprint density at radius 1 is 1.05 bits per heavy atom. The monoisotopic (exact) mass is 300 g/mol. The van der Waals surface area contributed by atoms with E-state index in [0.29, 0.717) is 12.5 Å². The lowest BCUT2D eigenvalue weighted by molar-refractivity contribution is -0.128. The van der Waals surface area contributed by atoms with Gasteiger partial charge in [0.25, 0.3) is 5.91 Å². The predicted molar refractivity (Wildman–Crippen MR) is 85.4 cm³/mol. The molecule has 4 heteroatoms. The fraction of sp³-hybridized carbons (Fsp3) is 0.556. The number of carbonyl (C=O) groups is 2. The maximum absolute atomic E-state index is 12.1. The van der Waals surface area contributed by atoms with Crippen LogP contribution in [-0.2, 0) is 11.3 Å². The van der Waals surface area contributed by atoms with Gasteiger partial charge < -0.3 is 4.90 Å². The molecule has 22 heavy (non-hydrogen) atoms. The van der Waals surface area contributed by atoms with Crippen LogP contribution in [0.2, 0.25) is 0 Å². The SMILES string of the molecule is C[C@H]1C(=O)N(Cc2ccc(C3CCCCC3)cc2)C(=O)N1C. The van der Waals surface area contributed by atoms with Crippen molar-refractivity contribution in [3.63, 3.8) is 0 Å². The summed E-state index contributed by atoms with van der Waals surface area (Å²) in [5, 5.41) is 0. The summed E-state index contributed by atoms with van der Waals surface area (Å²) < 4.78 is 0. The molecule has 0 radical (unpaired) electrons. The van der Waals surface area contributed by atoms with E-state index in [1.54, 1.807) is 14.0 Å². The molecule has 118 valence electrons. The van der Waals surface area contributed by atoms with Gasteiger partial charge in [0.2, 0.25) is 0 Å². The highest BCUT2D eigenvalue weighted by Gasteiger charge is 2.39. The van der Waals surface area contributed by atoms with Gasteiger partial charge in [-0.05, 0) is 36.8 Å². The Morgan fingerprint density at radius 2 is 1.68 bits per heavy atom. The van der Waals surface area contributed by atoms with Crippen LogP contribution in [-0.4, -0.2) is 34.8 Å². The van der Waals surface area contributed by atoms with Crippen molar-refractivity contribution in [2.45, 2.75) is 57.5 Å². The second-order valence-corrected chi connectivity index (χ2v) is 6.57. The van der Waals surface area contributed by atoms with Crippen molar-refractivity contribution in [2.75, 3.05) is 7.05 Å². The predicted octanol–water partition coefficient (Wildman–Crippen LogP) is 3.52. The van der Waals surface area contributed by atoms with E-state index in [1.165, 1.54) is 47.5 Å². The minimum atomic E-state index is -0.353. The summed E-state index contributed by atoms with van der Waals surface area (Å²) >= 11 is 0. The van der Waals surface area contributed by atoms with Gasteiger partial charge in [0.05, 0.1) is 6.54 Å². The molecule has 2 aliphatic rings. The number of imide groups is 1. The Bertz CT molecular complexity index is 541. The van der Waals surface area contributed by atoms with Crippen LogP contribution < -0.4 is 0 Å². The first-order valence-electron chi connectivity index (χ1n) is 8.25. The molecule has 1 saturated carbocycles. The maximum Gasteiger partial charge on any atom is 0.327 e. The molecule has 1 aliphatic heterocycles. The minimum absolute atomic E-state index is 0.108. The molecular weight excluding hydrogens is 276 g/mol. The summed E-state index contributed by atoms with van der Waals surface area (Å²) in [5.41, 5.74) is 2.41. The van der Waals surface area contributed by atoms with Crippen molar-refractivity contribution in [1.29, 1.82) is 0 Å². The second-order valence-electron chi connectivity index (χ2n) is 6.57. The summed E-state index contributed by atoms with van der Waals surface area (Å²) in [6.45, 7) is 2.14. The molecule has 1 aromatic rings. The van der Waals surface area contributed by atoms with E-state index in [2.05, 4.69) is 24.3 Å². The third kappa shape index (κ3) is 2.74. The van der Waals surface area contributed by atoms with Crippen LogP contribution in [0.4, 0.5) is 4.79 Å². The first-order chi connectivity index (χ1) is 10.6. The summed E-state index contributed by atoms with van der Waals surface area (Å²) in [7, 11) is 1.68. The first-order valence-corrected chi connectivity index (χ1v) is 8.25. The molecule has 0 aromatic heterocycles. The van der Waals surface area contributed by atoms with E-state index in [-0.39, 0.29) is 18.0 Å². The molecule has 1 aliphatic carbocycles.